The average Bonchev–Trinajstić information content (AvgIpc) is 2.45. The number of halogens is 3. The molecule has 2 rings (SSSR count). The van der Waals surface area contributed by atoms with Crippen LogP contribution in [0.3, 0.4) is 0 Å². The van der Waals surface area contributed by atoms with Crippen LogP contribution in [0.5, 0.6) is 5.75 Å². The lowest BCUT2D eigenvalue weighted by Crippen LogP contribution is -2.67. The first-order valence-electron chi connectivity index (χ1n) is 7.31. The second-order valence-electron chi connectivity index (χ2n) is 5.61. The summed E-state index contributed by atoms with van der Waals surface area (Å²) in [5.41, 5.74) is 6.29. The Morgan fingerprint density at radius 3 is 2.58 bits per heavy atom. The van der Waals surface area contributed by atoms with Crippen molar-refractivity contribution in [3.05, 3.63) is 24.3 Å². The van der Waals surface area contributed by atoms with Gasteiger partial charge < -0.3 is 21.1 Å². The maximum absolute atomic E-state index is 12.1. The van der Waals surface area contributed by atoms with Crippen LogP contribution in [0.1, 0.15) is 13.3 Å². The number of amides is 2. The molecule has 7 nitrogen and oxygen atoms in total. The molecule has 5 N–H and O–H groups in total. The van der Waals surface area contributed by atoms with Gasteiger partial charge in [0, 0.05) is 11.7 Å². The zero-order valence-corrected chi connectivity index (χ0v) is 13.2. The van der Waals surface area contributed by atoms with Gasteiger partial charge in [0.2, 0.25) is 0 Å². The minimum atomic E-state index is -4.75. The Kier molecular flexibility index (Phi) is 5.52. The van der Waals surface area contributed by atoms with E-state index in [1.165, 1.54) is 12.1 Å². The van der Waals surface area contributed by atoms with E-state index < -0.39 is 18.7 Å². The van der Waals surface area contributed by atoms with E-state index in [-0.39, 0.29) is 18.0 Å². The molecule has 1 aliphatic rings. The van der Waals surface area contributed by atoms with Crippen LogP contribution in [-0.4, -0.2) is 42.8 Å². The number of nitrogens with zero attached hydrogens (tertiary/aromatic N) is 1. The average molecular weight is 347 g/mol. The molecule has 1 fully saturated rings. The molecule has 0 spiro atoms. The van der Waals surface area contributed by atoms with Gasteiger partial charge in [0.05, 0.1) is 6.17 Å². The van der Waals surface area contributed by atoms with Gasteiger partial charge >= 0.3 is 12.4 Å². The van der Waals surface area contributed by atoms with E-state index in [1.54, 1.807) is 11.9 Å². The lowest BCUT2D eigenvalue weighted by molar-refractivity contribution is -0.274. The SMILES string of the molecule is CC1CC(N)N(C)C(NC(=O)Nc2ccc(OC(F)(F)F)cc2)N1. The van der Waals surface area contributed by atoms with E-state index in [4.69, 9.17) is 5.73 Å². The van der Waals surface area contributed by atoms with Crippen molar-refractivity contribution in [3.63, 3.8) is 0 Å². The highest BCUT2D eigenvalue weighted by Crippen LogP contribution is 2.23. The van der Waals surface area contributed by atoms with Gasteiger partial charge in [-0.05, 0) is 44.7 Å². The fourth-order valence-corrected chi connectivity index (χ4v) is 2.35. The number of carbonyl (C=O) groups excluding carboxylic acids is 1. The molecular weight excluding hydrogens is 327 g/mol. The molecular formula is C14H20F3N5O2. The number of alkyl halides is 3. The summed E-state index contributed by atoms with van der Waals surface area (Å²) in [6, 6.07) is 4.49. The zero-order chi connectivity index (χ0) is 17.9. The minimum absolute atomic E-state index is 0.139. The topological polar surface area (TPSA) is 91.7 Å². The van der Waals surface area contributed by atoms with Crippen LogP contribution >= 0.6 is 0 Å². The lowest BCUT2D eigenvalue weighted by atomic mass is 10.1. The number of carbonyl (C=O) groups is 1. The number of ether oxygens (including phenoxy) is 1. The van der Waals surface area contributed by atoms with Gasteiger partial charge in [0.25, 0.3) is 0 Å². The molecule has 3 atom stereocenters. The van der Waals surface area contributed by atoms with Crippen LogP contribution in [0.25, 0.3) is 0 Å². The highest BCUT2D eigenvalue weighted by atomic mass is 19.4. The Morgan fingerprint density at radius 1 is 1.38 bits per heavy atom. The van der Waals surface area contributed by atoms with E-state index in [0.717, 1.165) is 18.6 Å². The third-order valence-corrected chi connectivity index (χ3v) is 3.58. The van der Waals surface area contributed by atoms with Gasteiger partial charge in [-0.15, -0.1) is 13.2 Å². The monoisotopic (exact) mass is 347 g/mol. The van der Waals surface area contributed by atoms with Crippen molar-refractivity contribution in [2.24, 2.45) is 5.73 Å². The molecule has 2 amide bonds. The Bertz CT molecular complexity index is 567. The maximum atomic E-state index is 12.1. The minimum Gasteiger partial charge on any atom is -0.406 e. The number of nitrogens with one attached hydrogen (secondary N) is 3. The summed E-state index contributed by atoms with van der Waals surface area (Å²) in [7, 11) is 1.78. The van der Waals surface area contributed by atoms with Crippen molar-refractivity contribution in [2.75, 3.05) is 12.4 Å². The number of urea groups is 1. The summed E-state index contributed by atoms with van der Waals surface area (Å²) >= 11 is 0. The molecule has 0 bridgehead atoms. The number of anilines is 1. The molecule has 1 saturated heterocycles. The van der Waals surface area contributed by atoms with Crippen molar-refractivity contribution >= 4 is 11.7 Å². The summed E-state index contributed by atoms with van der Waals surface area (Å²) in [5.74, 6) is -0.359. The first kappa shape index (κ1) is 18.3. The summed E-state index contributed by atoms with van der Waals surface area (Å²) in [5, 5.41) is 8.42. The van der Waals surface area contributed by atoms with Crippen LogP contribution in [0, 0.1) is 0 Å². The Balaban J connectivity index is 1.90. The molecule has 0 aromatic heterocycles. The molecule has 134 valence electrons. The van der Waals surface area contributed by atoms with Gasteiger partial charge in [-0.25, -0.2) is 4.79 Å². The lowest BCUT2D eigenvalue weighted by Gasteiger charge is -2.41. The molecule has 1 aromatic rings. The summed E-state index contributed by atoms with van der Waals surface area (Å²) < 4.78 is 40.0. The van der Waals surface area contributed by atoms with E-state index in [9.17, 15) is 18.0 Å². The van der Waals surface area contributed by atoms with Crippen molar-refractivity contribution in [3.8, 4) is 5.75 Å². The number of hydrogen-bond donors (Lipinski definition) is 4. The molecule has 24 heavy (non-hydrogen) atoms. The van der Waals surface area contributed by atoms with E-state index in [1.807, 2.05) is 6.92 Å². The van der Waals surface area contributed by atoms with Gasteiger partial charge in [0.1, 0.15) is 12.0 Å². The van der Waals surface area contributed by atoms with E-state index in [0.29, 0.717) is 5.69 Å². The molecule has 0 aliphatic carbocycles. The number of benzene rings is 1. The number of nitrogens with two attached hydrogens (primary N) is 1. The quantitative estimate of drug-likeness (QED) is 0.667. The Morgan fingerprint density at radius 2 is 2.00 bits per heavy atom. The van der Waals surface area contributed by atoms with Crippen molar-refractivity contribution in [2.45, 2.75) is 38.2 Å². The zero-order valence-electron chi connectivity index (χ0n) is 13.2. The molecule has 10 heteroatoms. The Hall–Kier alpha value is -2.04. The van der Waals surface area contributed by atoms with Crippen LogP contribution in [0.2, 0.25) is 0 Å². The first-order valence-corrected chi connectivity index (χ1v) is 7.31. The molecule has 0 radical (unpaired) electrons. The third kappa shape index (κ3) is 5.25. The maximum Gasteiger partial charge on any atom is 0.573 e. The van der Waals surface area contributed by atoms with Gasteiger partial charge in [-0.2, -0.15) is 0 Å². The second-order valence-corrected chi connectivity index (χ2v) is 5.61. The highest BCUT2D eigenvalue weighted by molar-refractivity contribution is 5.89. The van der Waals surface area contributed by atoms with Gasteiger partial charge in [-0.1, -0.05) is 0 Å². The fraction of sp³-hybridized carbons (Fsp3) is 0.500. The standard InChI is InChI=1S/C14H20F3N5O2/c1-8-7-11(18)22(2)12(19-8)21-13(23)20-9-3-5-10(6-4-9)24-14(15,16)17/h3-6,8,11-12,19H,7,18H2,1-2H3,(H2,20,21,23). The van der Waals surface area contributed by atoms with Crippen LogP contribution in [0.15, 0.2) is 24.3 Å². The van der Waals surface area contributed by atoms with Crippen molar-refractivity contribution in [1.82, 2.24) is 15.5 Å². The normalized spacial score (nSPS) is 25.2. The van der Waals surface area contributed by atoms with E-state index >= 15 is 0 Å². The van der Waals surface area contributed by atoms with Gasteiger partial charge in [0.15, 0.2) is 0 Å². The van der Waals surface area contributed by atoms with E-state index in [2.05, 4.69) is 20.7 Å². The highest BCUT2D eigenvalue weighted by Gasteiger charge is 2.31. The van der Waals surface area contributed by atoms with Crippen LogP contribution in [0.4, 0.5) is 23.7 Å². The van der Waals surface area contributed by atoms with Gasteiger partial charge in [-0.3, -0.25) is 10.2 Å². The predicted molar refractivity (Wildman–Crippen MR) is 82.0 cm³/mol. The molecule has 1 heterocycles. The smallest absolute Gasteiger partial charge is 0.406 e. The molecule has 1 aromatic carbocycles. The second kappa shape index (κ2) is 7.24. The summed E-state index contributed by atoms with van der Waals surface area (Å²) in [4.78, 5) is 13.8. The Labute approximate surface area is 137 Å². The summed E-state index contributed by atoms with van der Waals surface area (Å²) in [6.07, 6.45) is -4.64. The molecule has 0 saturated carbocycles. The van der Waals surface area contributed by atoms with Crippen LogP contribution in [-0.2, 0) is 0 Å². The van der Waals surface area contributed by atoms with Crippen LogP contribution < -0.4 is 26.4 Å². The third-order valence-electron chi connectivity index (χ3n) is 3.58. The number of rotatable bonds is 3. The van der Waals surface area contributed by atoms with Crippen molar-refractivity contribution < 1.29 is 22.7 Å². The largest absolute Gasteiger partial charge is 0.573 e. The molecule has 1 aliphatic heterocycles. The van der Waals surface area contributed by atoms with Crippen molar-refractivity contribution in [1.29, 1.82) is 0 Å². The first-order chi connectivity index (χ1) is 11.1. The predicted octanol–water partition coefficient (Wildman–Crippen LogP) is 1.59. The molecule has 3 unspecified atom stereocenters. The fourth-order valence-electron chi connectivity index (χ4n) is 2.35. The summed E-state index contributed by atoms with van der Waals surface area (Å²) in [6.45, 7) is 1.96. The number of hydrogen-bond acceptors (Lipinski definition) is 5.